The van der Waals surface area contributed by atoms with Gasteiger partial charge in [0, 0.05) is 31.1 Å². The fourth-order valence-corrected chi connectivity index (χ4v) is 2.45. The Labute approximate surface area is 109 Å². The third-order valence-electron chi connectivity index (χ3n) is 3.48. The highest BCUT2D eigenvalue weighted by Gasteiger charge is 2.23. The normalized spacial score (nSPS) is 20.3. The number of carbonyl (C=O) groups excluding carboxylic acids is 1. The highest BCUT2D eigenvalue weighted by atomic mass is 16.2. The molecule has 1 aromatic rings. The number of nitrogens with zero attached hydrogens (tertiary/aromatic N) is 2. The van der Waals surface area contributed by atoms with Gasteiger partial charge in [0.2, 0.25) is 5.91 Å². The molecule has 0 radical (unpaired) electrons. The first-order valence-electron chi connectivity index (χ1n) is 6.70. The van der Waals surface area contributed by atoms with E-state index in [1.54, 1.807) is 18.5 Å². The quantitative estimate of drug-likeness (QED) is 0.766. The molecule has 96 valence electrons. The number of likely N-dealkylation sites (tertiary alicyclic amines) is 1. The standard InChI is InChI=1S/C15H20N2O/c1-2-14-7-3-4-11-17(14)15(18)9-8-13-6-5-10-16-12-13/h5-6,8-10,12,14H,2-4,7,11H2,1H3/b9-8+. The van der Waals surface area contributed by atoms with Crippen molar-refractivity contribution in [2.75, 3.05) is 6.54 Å². The zero-order chi connectivity index (χ0) is 12.8. The Morgan fingerprint density at radius 3 is 3.17 bits per heavy atom. The van der Waals surface area contributed by atoms with Gasteiger partial charge >= 0.3 is 0 Å². The minimum absolute atomic E-state index is 0.130. The summed E-state index contributed by atoms with van der Waals surface area (Å²) >= 11 is 0. The van der Waals surface area contributed by atoms with Crippen molar-refractivity contribution >= 4 is 12.0 Å². The minimum atomic E-state index is 0.130. The van der Waals surface area contributed by atoms with Crippen molar-refractivity contribution in [3.8, 4) is 0 Å². The van der Waals surface area contributed by atoms with Crippen LogP contribution in [0.25, 0.3) is 6.08 Å². The molecule has 18 heavy (non-hydrogen) atoms. The number of hydrogen-bond acceptors (Lipinski definition) is 2. The summed E-state index contributed by atoms with van der Waals surface area (Å²) in [6.45, 7) is 3.05. The molecule has 0 saturated carbocycles. The lowest BCUT2D eigenvalue weighted by Gasteiger charge is -2.34. The number of rotatable bonds is 3. The van der Waals surface area contributed by atoms with Gasteiger partial charge in [-0.25, -0.2) is 0 Å². The lowest BCUT2D eigenvalue weighted by Crippen LogP contribution is -2.42. The maximum absolute atomic E-state index is 12.2. The molecule has 0 spiro atoms. The summed E-state index contributed by atoms with van der Waals surface area (Å²) in [4.78, 5) is 18.2. The van der Waals surface area contributed by atoms with E-state index < -0.39 is 0 Å². The van der Waals surface area contributed by atoms with Crippen molar-refractivity contribution in [3.63, 3.8) is 0 Å². The molecule has 1 atom stereocenters. The van der Waals surface area contributed by atoms with E-state index in [9.17, 15) is 4.79 Å². The average molecular weight is 244 g/mol. The zero-order valence-electron chi connectivity index (χ0n) is 10.9. The second-order valence-corrected chi connectivity index (χ2v) is 4.71. The number of carbonyl (C=O) groups is 1. The summed E-state index contributed by atoms with van der Waals surface area (Å²) in [6, 6.07) is 4.24. The molecule has 0 N–H and O–H groups in total. The van der Waals surface area contributed by atoms with Crippen molar-refractivity contribution in [1.82, 2.24) is 9.88 Å². The number of hydrogen-bond donors (Lipinski definition) is 0. The molecule has 1 unspecified atom stereocenters. The highest BCUT2D eigenvalue weighted by molar-refractivity contribution is 5.92. The predicted molar refractivity (Wildman–Crippen MR) is 72.9 cm³/mol. The van der Waals surface area contributed by atoms with Gasteiger partial charge < -0.3 is 4.90 Å². The van der Waals surface area contributed by atoms with Crippen LogP contribution in [-0.2, 0) is 4.79 Å². The largest absolute Gasteiger partial charge is 0.336 e. The fourth-order valence-electron chi connectivity index (χ4n) is 2.45. The Morgan fingerprint density at radius 1 is 1.56 bits per heavy atom. The maximum Gasteiger partial charge on any atom is 0.246 e. The van der Waals surface area contributed by atoms with Gasteiger partial charge in [0.1, 0.15) is 0 Å². The van der Waals surface area contributed by atoms with E-state index in [1.807, 2.05) is 23.1 Å². The Balaban J connectivity index is 2.00. The second-order valence-electron chi connectivity index (χ2n) is 4.71. The SMILES string of the molecule is CCC1CCCCN1C(=O)/C=C/c1cccnc1. The molecule has 2 heterocycles. The molecular formula is C15H20N2O. The number of amides is 1. The van der Waals surface area contributed by atoms with E-state index >= 15 is 0 Å². The summed E-state index contributed by atoms with van der Waals surface area (Å²) in [5, 5.41) is 0. The molecule has 1 amide bonds. The first-order chi connectivity index (χ1) is 8.81. The summed E-state index contributed by atoms with van der Waals surface area (Å²) < 4.78 is 0. The van der Waals surface area contributed by atoms with Crippen LogP contribution in [0.5, 0.6) is 0 Å². The number of piperidine rings is 1. The van der Waals surface area contributed by atoms with Crippen LogP contribution in [0.1, 0.15) is 38.2 Å². The third kappa shape index (κ3) is 3.19. The summed E-state index contributed by atoms with van der Waals surface area (Å²) in [5.41, 5.74) is 0.968. The molecule has 1 aliphatic heterocycles. The maximum atomic E-state index is 12.2. The highest BCUT2D eigenvalue weighted by Crippen LogP contribution is 2.19. The van der Waals surface area contributed by atoms with Crippen LogP contribution in [0.3, 0.4) is 0 Å². The van der Waals surface area contributed by atoms with E-state index in [0.29, 0.717) is 6.04 Å². The van der Waals surface area contributed by atoms with Crippen molar-refractivity contribution < 1.29 is 4.79 Å². The van der Waals surface area contributed by atoms with E-state index in [4.69, 9.17) is 0 Å². The van der Waals surface area contributed by atoms with E-state index in [-0.39, 0.29) is 5.91 Å². The molecule has 0 aromatic carbocycles. The van der Waals surface area contributed by atoms with Crippen LogP contribution >= 0.6 is 0 Å². The van der Waals surface area contributed by atoms with Crippen molar-refractivity contribution in [3.05, 3.63) is 36.2 Å². The number of aromatic nitrogens is 1. The molecule has 0 aliphatic carbocycles. The van der Waals surface area contributed by atoms with Crippen LogP contribution in [-0.4, -0.2) is 28.4 Å². The topological polar surface area (TPSA) is 33.2 Å². The van der Waals surface area contributed by atoms with Crippen molar-refractivity contribution in [2.45, 2.75) is 38.6 Å². The van der Waals surface area contributed by atoms with E-state index in [1.165, 1.54) is 6.42 Å². The van der Waals surface area contributed by atoms with Gasteiger partial charge in [0.15, 0.2) is 0 Å². The Bertz CT molecular complexity index is 414. The van der Waals surface area contributed by atoms with Gasteiger partial charge in [-0.15, -0.1) is 0 Å². The van der Waals surface area contributed by atoms with Crippen LogP contribution < -0.4 is 0 Å². The molecule has 2 rings (SSSR count). The van der Waals surface area contributed by atoms with Gasteiger partial charge in [0.25, 0.3) is 0 Å². The first kappa shape index (κ1) is 12.8. The first-order valence-corrected chi connectivity index (χ1v) is 6.70. The van der Waals surface area contributed by atoms with Crippen molar-refractivity contribution in [1.29, 1.82) is 0 Å². The zero-order valence-corrected chi connectivity index (χ0v) is 10.9. The van der Waals surface area contributed by atoms with Crippen LogP contribution in [0.4, 0.5) is 0 Å². The predicted octanol–water partition coefficient (Wildman–Crippen LogP) is 2.89. The Morgan fingerprint density at radius 2 is 2.44 bits per heavy atom. The summed E-state index contributed by atoms with van der Waals surface area (Å²) in [5.74, 6) is 0.130. The smallest absolute Gasteiger partial charge is 0.246 e. The molecule has 3 heteroatoms. The van der Waals surface area contributed by atoms with E-state index in [0.717, 1.165) is 31.4 Å². The lowest BCUT2D eigenvalue weighted by molar-refractivity contribution is -0.129. The minimum Gasteiger partial charge on any atom is -0.336 e. The molecular weight excluding hydrogens is 224 g/mol. The fraction of sp³-hybridized carbons (Fsp3) is 0.467. The van der Waals surface area contributed by atoms with Gasteiger partial charge in [-0.1, -0.05) is 13.0 Å². The van der Waals surface area contributed by atoms with Gasteiger partial charge in [-0.3, -0.25) is 9.78 Å². The van der Waals surface area contributed by atoms with Gasteiger partial charge in [-0.2, -0.15) is 0 Å². The lowest BCUT2D eigenvalue weighted by atomic mass is 10.00. The summed E-state index contributed by atoms with van der Waals surface area (Å²) in [7, 11) is 0. The molecule has 0 bridgehead atoms. The van der Waals surface area contributed by atoms with Crippen molar-refractivity contribution in [2.24, 2.45) is 0 Å². The second kappa shape index (κ2) is 6.34. The van der Waals surface area contributed by atoms with Gasteiger partial charge in [-0.05, 0) is 43.4 Å². The third-order valence-corrected chi connectivity index (χ3v) is 3.48. The van der Waals surface area contributed by atoms with Gasteiger partial charge in [0.05, 0.1) is 0 Å². The van der Waals surface area contributed by atoms with Crippen LogP contribution in [0.2, 0.25) is 0 Å². The molecule has 1 aromatic heterocycles. The van der Waals surface area contributed by atoms with Crippen LogP contribution in [0.15, 0.2) is 30.6 Å². The molecule has 1 fully saturated rings. The molecule has 3 nitrogen and oxygen atoms in total. The Hall–Kier alpha value is -1.64. The monoisotopic (exact) mass is 244 g/mol. The average Bonchev–Trinajstić information content (AvgIpc) is 2.45. The van der Waals surface area contributed by atoms with Crippen LogP contribution in [0, 0.1) is 0 Å². The number of pyridine rings is 1. The summed E-state index contributed by atoms with van der Waals surface area (Å²) in [6.07, 6.45) is 11.6. The molecule has 1 saturated heterocycles. The van der Waals surface area contributed by atoms with E-state index in [2.05, 4.69) is 11.9 Å². The Kier molecular flexibility index (Phi) is 4.51. The molecule has 1 aliphatic rings.